The Kier molecular flexibility index (Phi) is 4.66. The molecule has 0 aliphatic heterocycles. The Labute approximate surface area is 144 Å². The van der Waals surface area contributed by atoms with Crippen LogP contribution in [0.2, 0.25) is 0 Å². The lowest BCUT2D eigenvalue weighted by Gasteiger charge is -2.09. The average molecular weight is 335 g/mol. The fraction of sp³-hybridized carbons (Fsp3) is 0.100. The monoisotopic (exact) mass is 335 g/mol. The van der Waals surface area contributed by atoms with Gasteiger partial charge in [0.25, 0.3) is 5.56 Å². The number of carboxylic acids is 1. The van der Waals surface area contributed by atoms with Crippen LogP contribution in [0.5, 0.6) is 5.75 Å². The van der Waals surface area contributed by atoms with Gasteiger partial charge in [0.05, 0.1) is 19.2 Å². The molecule has 1 aromatic heterocycles. The molecule has 5 nitrogen and oxygen atoms in total. The van der Waals surface area contributed by atoms with Gasteiger partial charge < -0.3 is 14.4 Å². The van der Waals surface area contributed by atoms with Gasteiger partial charge in [0.15, 0.2) is 0 Å². The fourth-order valence-electron chi connectivity index (χ4n) is 2.56. The lowest BCUT2D eigenvalue weighted by molar-refractivity contribution is 0.0697. The van der Waals surface area contributed by atoms with Crippen LogP contribution >= 0.6 is 0 Å². The number of carboxylic acid groups (broad SMARTS) is 1. The summed E-state index contributed by atoms with van der Waals surface area (Å²) in [5.74, 6) is -0.194. The molecule has 0 amide bonds. The van der Waals surface area contributed by atoms with Gasteiger partial charge in [-0.05, 0) is 47.0 Å². The maximum absolute atomic E-state index is 12.1. The van der Waals surface area contributed by atoms with Crippen molar-refractivity contribution in [3.05, 3.63) is 88.3 Å². The maximum Gasteiger partial charge on any atom is 0.335 e. The maximum atomic E-state index is 12.1. The van der Waals surface area contributed by atoms with Crippen molar-refractivity contribution in [2.45, 2.75) is 6.54 Å². The van der Waals surface area contributed by atoms with E-state index in [4.69, 9.17) is 9.84 Å². The molecule has 0 aliphatic rings. The number of carbonyl (C=O) groups is 1. The Morgan fingerprint density at radius 1 is 0.960 bits per heavy atom. The van der Waals surface area contributed by atoms with Crippen LogP contribution in [-0.2, 0) is 6.54 Å². The molecule has 0 atom stereocenters. The van der Waals surface area contributed by atoms with Crippen LogP contribution in [0.15, 0.2) is 71.7 Å². The molecular weight excluding hydrogens is 318 g/mol. The highest BCUT2D eigenvalue weighted by Crippen LogP contribution is 2.21. The van der Waals surface area contributed by atoms with Gasteiger partial charge in [-0.3, -0.25) is 4.79 Å². The van der Waals surface area contributed by atoms with Crippen LogP contribution in [0.25, 0.3) is 11.1 Å². The number of benzene rings is 2. The van der Waals surface area contributed by atoms with Crippen LogP contribution in [0.4, 0.5) is 0 Å². The second-order valence-corrected chi connectivity index (χ2v) is 5.61. The van der Waals surface area contributed by atoms with Gasteiger partial charge in [-0.1, -0.05) is 24.3 Å². The SMILES string of the molecule is COc1ccc(-c2ccc(=O)n(Cc3ccc(C(=O)O)cc3)c2)cc1. The minimum Gasteiger partial charge on any atom is -0.497 e. The Morgan fingerprint density at radius 2 is 1.60 bits per heavy atom. The first-order valence-electron chi connectivity index (χ1n) is 7.74. The van der Waals surface area contributed by atoms with E-state index in [1.54, 1.807) is 36.1 Å². The summed E-state index contributed by atoms with van der Waals surface area (Å²) in [6.45, 7) is 0.378. The van der Waals surface area contributed by atoms with Crippen molar-refractivity contribution >= 4 is 5.97 Å². The van der Waals surface area contributed by atoms with Crippen molar-refractivity contribution < 1.29 is 14.6 Å². The van der Waals surface area contributed by atoms with Crippen molar-refractivity contribution in [1.82, 2.24) is 4.57 Å². The Hall–Kier alpha value is -3.34. The molecule has 0 saturated heterocycles. The van der Waals surface area contributed by atoms with Crippen LogP contribution < -0.4 is 10.3 Å². The summed E-state index contributed by atoms with van der Waals surface area (Å²) < 4.78 is 6.76. The number of methoxy groups -OCH3 is 1. The van der Waals surface area contributed by atoms with Gasteiger partial charge in [-0.25, -0.2) is 4.79 Å². The normalized spacial score (nSPS) is 10.4. The number of nitrogens with zero attached hydrogens (tertiary/aromatic N) is 1. The van der Waals surface area contributed by atoms with Gasteiger partial charge in [0.2, 0.25) is 0 Å². The molecule has 25 heavy (non-hydrogen) atoms. The van der Waals surface area contributed by atoms with E-state index >= 15 is 0 Å². The van der Waals surface area contributed by atoms with E-state index in [9.17, 15) is 9.59 Å². The van der Waals surface area contributed by atoms with E-state index in [-0.39, 0.29) is 11.1 Å². The van der Waals surface area contributed by atoms with E-state index in [0.717, 1.165) is 22.4 Å². The largest absolute Gasteiger partial charge is 0.497 e. The third-order valence-corrected chi connectivity index (χ3v) is 3.96. The summed E-state index contributed by atoms with van der Waals surface area (Å²) in [5, 5.41) is 8.95. The third kappa shape index (κ3) is 3.77. The van der Waals surface area contributed by atoms with Crippen LogP contribution in [0.3, 0.4) is 0 Å². The highest BCUT2D eigenvalue weighted by molar-refractivity contribution is 5.87. The fourth-order valence-corrected chi connectivity index (χ4v) is 2.56. The minimum absolute atomic E-state index is 0.112. The van der Waals surface area contributed by atoms with Crippen molar-refractivity contribution in [2.75, 3.05) is 7.11 Å². The van der Waals surface area contributed by atoms with Gasteiger partial charge in [-0.2, -0.15) is 0 Å². The van der Waals surface area contributed by atoms with E-state index < -0.39 is 5.97 Å². The van der Waals surface area contributed by atoms with Crippen molar-refractivity contribution in [3.63, 3.8) is 0 Å². The predicted molar refractivity (Wildman–Crippen MR) is 95.2 cm³/mol. The quantitative estimate of drug-likeness (QED) is 0.777. The topological polar surface area (TPSA) is 68.5 Å². The molecule has 0 bridgehead atoms. The standard InChI is InChI=1S/C20H17NO4/c1-25-18-9-6-15(7-10-18)17-8-11-19(22)21(13-17)12-14-2-4-16(5-3-14)20(23)24/h2-11,13H,12H2,1H3,(H,23,24). The van der Waals surface area contributed by atoms with E-state index in [2.05, 4.69) is 0 Å². The molecule has 0 fully saturated rings. The molecule has 0 aliphatic carbocycles. The molecule has 0 radical (unpaired) electrons. The highest BCUT2D eigenvalue weighted by Gasteiger charge is 2.05. The summed E-state index contributed by atoms with van der Waals surface area (Å²) >= 11 is 0. The number of hydrogen-bond acceptors (Lipinski definition) is 3. The van der Waals surface area contributed by atoms with Gasteiger partial charge in [-0.15, -0.1) is 0 Å². The smallest absolute Gasteiger partial charge is 0.335 e. The van der Waals surface area contributed by atoms with Crippen molar-refractivity contribution in [1.29, 1.82) is 0 Å². The van der Waals surface area contributed by atoms with E-state index in [1.165, 1.54) is 18.2 Å². The summed E-state index contributed by atoms with van der Waals surface area (Å²) in [4.78, 5) is 23.0. The lowest BCUT2D eigenvalue weighted by atomic mass is 10.1. The predicted octanol–water partition coefficient (Wildman–Crippen LogP) is 3.27. The summed E-state index contributed by atoms with van der Waals surface area (Å²) in [5.41, 5.74) is 2.88. The zero-order valence-corrected chi connectivity index (χ0v) is 13.7. The zero-order chi connectivity index (χ0) is 17.8. The van der Waals surface area contributed by atoms with Crippen LogP contribution in [0.1, 0.15) is 15.9 Å². The number of pyridine rings is 1. The van der Waals surface area contributed by atoms with Crippen molar-refractivity contribution in [3.8, 4) is 16.9 Å². The third-order valence-electron chi connectivity index (χ3n) is 3.96. The summed E-state index contributed by atoms with van der Waals surface area (Å²) in [7, 11) is 1.62. The molecule has 0 saturated carbocycles. The van der Waals surface area contributed by atoms with E-state index in [0.29, 0.717) is 6.54 Å². The second-order valence-electron chi connectivity index (χ2n) is 5.61. The van der Waals surface area contributed by atoms with Crippen LogP contribution in [-0.4, -0.2) is 22.8 Å². The van der Waals surface area contributed by atoms with Gasteiger partial charge in [0.1, 0.15) is 5.75 Å². The number of ether oxygens (including phenoxy) is 1. The number of hydrogen-bond donors (Lipinski definition) is 1. The molecule has 1 heterocycles. The lowest BCUT2D eigenvalue weighted by Crippen LogP contribution is -2.19. The van der Waals surface area contributed by atoms with Gasteiger partial charge in [0, 0.05) is 12.3 Å². The molecule has 3 rings (SSSR count). The first-order valence-corrected chi connectivity index (χ1v) is 7.74. The summed E-state index contributed by atoms with van der Waals surface area (Å²) in [6, 6.07) is 17.4. The number of rotatable bonds is 5. The molecule has 5 heteroatoms. The molecule has 2 aromatic carbocycles. The number of aromatic carboxylic acids is 1. The average Bonchev–Trinajstić information content (AvgIpc) is 2.64. The molecule has 0 unspecified atom stereocenters. The highest BCUT2D eigenvalue weighted by atomic mass is 16.5. The molecule has 126 valence electrons. The van der Waals surface area contributed by atoms with Gasteiger partial charge >= 0.3 is 5.97 Å². The Morgan fingerprint density at radius 3 is 2.20 bits per heavy atom. The Balaban J connectivity index is 1.88. The number of aromatic nitrogens is 1. The summed E-state index contributed by atoms with van der Waals surface area (Å²) in [6.07, 6.45) is 1.80. The zero-order valence-electron chi connectivity index (χ0n) is 13.7. The second kappa shape index (κ2) is 7.05. The molecular formula is C20H17NO4. The first kappa shape index (κ1) is 16.5. The minimum atomic E-state index is -0.967. The molecule has 0 spiro atoms. The molecule has 1 N–H and O–H groups in total. The van der Waals surface area contributed by atoms with Crippen molar-refractivity contribution in [2.24, 2.45) is 0 Å². The molecule has 3 aromatic rings. The van der Waals surface area contributed by atoms with E-state index in [1.807, 2.05) is 24.3 Å². The Bertz CT molecular complexity index is 941. The first-order chi connectivity index (χ1) is 12.1. The van der Waals surface area contributed by atoms with Crippen LogP contribution in [0, 0.1) is 0 Å².